The zero-order valence-corrected chi connectivity index (χ0v) is 17.2. The van der Waals surface area contributed by atoms with Crippen LogP contribution in [0.2, 0.25) is 0 Å². The maximum atomic E-state index is 12.6. The summed E-state index contributed by atoms with van der Waals surface area (Å²) in [5.74, 6) is -1.35. The standard InChI is InChI=1S/C21H26N2O4S/c1-21(2,3)16-12-28-19(17(16)20(25)26)23-18(24)13-6-8-14(9-7-13)22-15-5-4-10-27-11-15/h6-9,12,15,22H,4-5,10-11H2,1-3H3,(H,23,24)(H,25,26). The predicted octanol–water partition coefficient (Wildman–Crippen LogP) is 4.59. The van der Waals surface area contributed by atoms with Gasteiger partial charge in [-0.05, 0) is 53.5 Å². The summed E-state index contributed by atoms with van der Waals surface area (Å²) in [6.45, 7) is 7.37. The molecule has 0 aliphatic carbocycles. The van der Waals surface area contributed by atoms with Gasteiger partial charge in [0.05, 0.1) is 12.2 Å². The molecule has 0 bridgehead atoms. The van der Waals surface area contributed by atoms with Crippen LogP contribution in [0.4, 0.5) is 10.7 Å². The minimum Gasteiger partial charge on any atom is -0.478 e. The summed E-state index contributed by atoms with van der Waals surface area (Å²) >= 11 is 1.24. The van der Waals surface area contributed by atoms with E-state index in [-0.39, 0.29) is 22.9 Å². The van der Waals surface area contributed by atoms with Crippen LogP contribution in [0.25, 0.3) is 0 Å². The molecule has 1 unspecified atom stereocenters. The summed E-state index contributed by atoms with van der Waals surface area (Å²) in [7, 11) is 0. The largest absolute Gasteiger partial charge is 0.478 e. The highest BCUT2D eigenvalue weighted by Crippen LogP contribution is 2.36. The van der Waals surface area contributed by atoms with Crippen molar-refractivity contribution in [1.82, 2.24) is 0 Å². The molecule has 0 spiro atoms. The van der Waals surface area contributed by atoms with E-state index in [0.717, 1.165) is 30.7 Å². The number of rotatable bonds is 5. The van der Waals surface area contributed by atoms with E-state index < -0.39 is 5.97 Å². The Labute approximate surface area is 168 Å². The quantitative estimate of drug-likeness (QED) is 0.681. The van der Waals surface area contributed by atoms with Crippen LogP contribution >= 0.6 is 11.3 Å². The van der Waals surface area contributed by atoms with Gasteiger partial charge in [0.1, 0.15) is 5.00 Å². The Morgan fingerprint density at radius 3 is 2.50 bits per heavy atom. The van der Waals surface area contributed by atoms with Crippen LogP contribution in [-0.2, 0) is 10.2 Å². The normalized spacial score (nSPS) is 17.2. The molecule has 1 atom stereocenters. The zero-order chi connectivity index (χ0) is 20.3. The number of carbonyl (C=O) groups excluding carboxylic acids is 1. The fourth-order valence-electron chi connectivity index (χ4n) is 3.20. The van der Waals surface area contributed by atoms with Gasteiger partial charge < -0.3 is 20.5 Å². The van der Waals surface area contributed by atoms with E-state index in [4.69, 9.17) is 4.74 Å². The Morgan fingerprint density at radius 1 is 1.21 bits per heavy atom. The number of anilines is 2. The van der Waals surface area contributed by atoms with E-state index in [0.29, 0.717) is 17.2 Å². The molecule has 7 heteroatoms. The molecule has 1 amide bonds. The number of carbonyl (C=O) groups is 2. The topological polar surface area (TPSA) is 87.7 Å². The third kappa shape index (κ3) is 4.72. The fourth-order valence-corrected chi connectivity index (χ4v) is 4.37. The minimum absolute atomic E-state index is 0.168. The van der Waals surface area contributed by atoms with Gasteiger partial charge in [-0.15, -0.1) is 11.3 Å². The van der Waals surface area contributed by atoms with E-state index in [2.05, 4.69) is 10.6 Å². The second kappa shape index (κ2) is 8.32. The highest BCUT2D eigenvalue weighted by atomic mass is 32.1. The highest BCUT2D eigenvalue weighted by Gasteiger charge is 2.27. The first kappa shape index (κ1) is 20.4. The van der Waals surface area contributed by atoms with Crippen LogP contribution in [0.3, 0.4) is 0 Å². The number of benzene rings is 1. The van der Waals surface area contributed by atoms with Crippen molar-refractivity contribution < 1.29 is 19.4 Å². The van der Waals surface area contributed by atoms with E-state index in [9.17, 15) is 14.7 Å². The second-order valence-electron chi connectivity index (χ2n) is 8.00. The third-order valence-electron chi connectivity index (χ3n) is 4.72. The summed E-state index contributed by atoms with van der Waals surface area (Å²) in [5.41, 5.74) is 1.98. The Hall–Kier alpha value is -2.38. The van der Waals surface area contributed by atoms with E-state index >= 15 is 0 Å². The number of ether oxygens (including phenoxy) is 1. The number of thiophene rings is 1. The number of hydrogen-bond acceptors (Lipinski definition) is 5. The smallest absolute Gasteiger partial charge is 0.339 e. The van der Waals surface area contributed by atoms with Crippen molar-refractivity contribution >= 4 is 33.9 Å². The van der Waals surface area contributed by atoms with Crippen LogP contribution in [0, 0.1) is 0 Å². The van der Waals surface area contributed by atoms with Crippen molar-refractivity contribution in [2.24, 2.45) is 0 Å². The Kier molecular flexibility index (Phi) is 6.05. The van der Waals surface area contributed by atoms with Gasteiger partial charge in [-0.1, -0.05) is 20.8 Å². The second-order valence-corrected chi connectivity index (χ2v) is 8.88. The van der Waals surface area contributed by atoms with Crippen molar-refractivity contribution in [1.29, 1.82) is 0 Å². The van der Waals surface area contributed by atoms with Crippen molar-refractivity contribution in [3.8, 4) is 0 Å². The molecule has 6 nitrogen and oxygen atoms in total. The maximum Gasteiger partial charge on any atom is 0.339 e. The minimum atomic E-state index is -1.03. The van der Waals surface area contributed by atoms with E-state index in [1.807, 2.05) is 32.9 Å². The van der Waals surface area contributed by atoms with Gasteiger partial charge in [0.15, 0.2) is 0 Å². The molecule has 1 aromatic heterocycles. The van der Waals surface area contributed by atoms with Crippen LogP contribution in [-0.4, -0.2) is 36.2 Å². The predicted molar refractivity (Wildman–Crippen MR) is 112 cm³/mol. The molecule has 1 saturated heterocycles. The van der Waals surface area contributed by atoms with E-state index in [1.165, 1.54) is 11.3 Å². The third-order valence-corrected chi connectivity index (χ3v) is 5.61. The van der Waals surface area contributed by atoms with Gasteiger partial charge in [0, 0.05) is 23.9 Å². The summed E-state index contributed by atoms with van der Waals surface area (Å²) in [6, 6.07) is 7.47. The number of nitrogens with one attached hydrogen (secondary N) is 2. The lowest BCUT2D eigenvalue weighted by Gasteiger charge is -2.24. The number of aromatic carboxylic acids is 1. The molecule has 0 saturated carbocycles. The van der Waals surface area contributed by atoms with Gasteiger partial charge in [-0.25, -0.2) is 4.79 Å². The molecule has 1 fully saturated rings. The van der Waals surface area contributed by atoms with E-state index in [1.54, 1.807) is 17.5 Å². The van der Waals surface area contributed by atoms with Crippen LogP contribution in [0.5, 0.6) is 0 Å². The Bertz CT molecular complexity index is 846. The van der Waals surface area contributed by atoms with Gasteiger partial charge in [0.25, 0.3) is 5.91 Å². The summed E-state index contributed by atoms with van der Waals surface area (Å²) in [6.07, 6.45) is 2.11. The van der Waals surface area contributed by atoms with Crippen LogP contribution in [0.1, 0.15) is 59.9 Å². The van der Waals surface area contributed by atoms with Crippen molar-refractivity contribution in [3.63, 3.8) is 0 Å². The van der Waals surface area contributed by atoms with Crippen molar-refractivity contribution in [2.45, 2.75) is 45.1 Å². The lowest BCUT2D eigenvalue weighted by molar-refractivity contribution is 0.0696. The Balaban J connectivity index is 1.71. The molecule has 1 aromatic carbocycles. The molecular weight excluding hydrogens is 376 g/mol. The number of hydrogen-bond donors (Lipinski definition) is 3. The van der Waals surface area contributed by atoms with Gasteiger partial charge in [0.2, 0.25) is 0 Å². The molecule has 0 radical (unpaired) electrons. The first-order chi connectivity index (χ1) is 13.3. The SMILES string of the molecule is CC(C)(C)c1csc(NC(=O)c2ccc(NC3CCCOC3)cc2)c1C(=O)O. The summed E-state index contributed by atoms with van der Waals surface area (Å²) in [5, 5.41) is 17.9. The lowest BCUT2D eigenvalue weighted by atomic mass is 9.86. The number of amides is 1. The molecule has 2 heterocycles. The van der Waals surface area contributed by atoms with Crippen molar-refractivity contribution in [3.05, 3.63) is 46.3 Å². The molecule has 28 heavy (non-hydrogen) atoms. The highest BCUT2D eigenvalue weighted by molar-refractivity contribution is 7.15. The summed E-state index contributed by atoms with van der Waals surface area (Å²) in [4.78, 5) is 24.4. The molecule has 150 valence electrons. The fraction of sp³-hybridized carbons (Fsp3) is 0.429. The first-order valence-electron chi connectivity index (χ1n) is 9.36. The average molecular weight is 403 g/mol. The molecule has 3 N–H and O–H groups in total. The summed E-state index contributed by atoms with van der Waals surface area (Å²) < 4.78 is 5.47. The Morgan fingerprint density at radius 2 is 1.93 bits per heavy atom. The van der Waals surface area contributed by atoms with Crippen LogP contribution < -0.4 is 10.6 Å². The first-order valence-corrected chi connectivity index (χ1v) is 10.2. The zero-order valence-electron chi connectivity index (χ0n) is 16.4. The van der Waals surface area contributed by atoms with Gasteiger partial charge in [-0.2, -0.15) is 0 Å². The maximum absolute atomic E-state index is 12.6. The number of carboxylic acids is 1. The molecule has 1 aliphatic rings. The molecule has 3 rings (SSSR count). The van der Waals surface area contributed by atoms with Gasteiger partial charge in [-0.3, -0.25) is 4.79 Å². The molecule has 1 aliphatic heterocycles. The van der Waals surface area contributed by atoms with Crippen LogP contribution in [0.15, 0.2) is 29.6 Å². The molecule has 2 aromatic rings. The monoisotopic (exact) mass is 402 g/mol. The van der Waals surface area contributed by atoms with Gasteiger partial charge >= 0.3 is 5.97 Å². The average Bonchev–Trinajstić information content (AvgIpc) is 3.07. The lowest BCUT2D eigenvalue weighted by Crippen LogP contribution is -2.29. The number of carboxylic acid groups (broad SMARTS) is 1. The molecular formula is C21H26N2O4S. The van der Waals surface area contributed by atoms with Crippen molar-refractivity contribution in [2.75, 3.05) is 23.8 Å².